The van der Waals surface area contributed by atoms with Crippen LogP contribution in [0.2, 0.25) is 0 Å². The topological polar surface area (TPSA) is 42.2 Å². The molecule has 0 aliphatic heterocycles. The Labute approximate surface area is 126 Å². The van der Waals surface area contributed by atoms with Gasteiger partial charge in [0.05, 0.1) is 11.1 Å². The van der Waals surface area contributed by atoms with E-state index in [-0.39, 0.29) is 0 Å². The SMILES string of the molecule is CCCc1cn(CCC)c2c(C(C)C)cc(C(=O)O)cc12. The van der Waals surface area contributed by atoms with Gasteiger partial charge in [-0.15, -0.1) is 0 Å². The molecule has 2 aromatic rings. The van der Waals surface area contributed by atoms with Gasteiger partial charge in [-0.1, -0.05) is 34.1 Å². The highest BCUT2D eigenvalue weighted by Crippen LogP contribution is 2.32. The normalized spacial score (nSPS) is 11.5. The molecule has 0 saturated heterocycles. The lowest BCUT2D eigenvalue weighted by molar-refractivity contribution is 0.0697. The average molecular weight is 287 g/mol. The van der Waals surface area contributed by atoms with Crippen LogP contribution in [0.15, 0.2) is 18.3 Å². The number of carbonyl (C=O) groups is 1. The molecule has 3 nitrogen and oxygen atoms in total. The third-order valence-electron chi connectivity index (χ3n) is 3.94. The van der Waals surface area contributed by atoms with Crippen molar-refractivity contribution in [3.8, 4) is 0 Å². The van der Waals surface area contributed by atoms with E-state index in [9.17, 15) is 9.90 Å². The molecule has 0 fully saturated rings. The number of carboxylic acids is 1. The molecule has 0 radical (unpaired) electrons. The van der Waals surface area contributed by atoms with E-state index in [1.165, 1.54) is 11.1 Å². The number of fused-ring (bicyclic) bond motifs is 1. The number of aryl methyl sites for hydroxylation is 2. The van der Waals surface area contributed by atoms with E-state index < -0.39 is 5.97 Å². The predicted octanol–water partition coefficient (Wildman–Crippen LogP) is 4.83. The third kappa shape index (κ3) is 2.97. The first-order chi connectivity index (χ1) is 9.99. The van der Waals surface area contributed by atoms with Crippen molar-refractivity contribution in [2.45, 2.75) is 59.4 Å². The zero-order valence-electron chi connectivity index (χ0n) is 13.4. The number of hydrogen-bond donors (Lipinski definition) is 1. The van der Waals surface area contributed by atoms with Crippen LogP contribution >= 0.6 is 0 Å². The number of aromatic carboxylic acids is 1. The van der Waals surface area contributed by atoms with Crippen LogP contribution in [0.3, 0.4) is 0 Å². The summed E-state index contributed by atoms with van der Waals surface area (Å²) in [5.41, 5.74) is 4.03. The summed E-state index contributed by atoms with van der Waals surface area (Å²) in [6.07, 6.45) is 5.36. The van der Waals surface area contributed by atoms with Gasteiger partial charge in [-0.3, -0.25) is 0 Å². The minimum atomic E-state index is -0.843. The lowest BCUT2D eigenvalue weighted by Gasteiger charge is -2.13. The van der Waals surface area contributed by atoms with Crippen molar-refractivity contribution in [1.82, 2.24) is 4.57 Å². The van der Waals surface area contributed by atoms with E-state index in [4.69, 9.17) is 0 Å². The van der Waals surface area contributed by atoms with Crippen LogP contribution in [0.1, 0.15) is 67.9 Å². The quantitative estimate of drug-likeness (QED) is 0.827. The molecule has 1 N–H and O–H groups in total. The number of rotatable bonds is 6. The lowest BCUT2D eigenvalue weighted by atomic mass is 9.95. The van der Waals surface area contributed by atoms with E-state index in [1.807, 2.05) is 12.1 Å². The minimum absolute atomic E-state index is 0.312. The highest BCUT2D eigenvalue weighted by atomic mass is 16.4. The Morgan fingerprint density at radius 3 is 2.48 bits per heavy atom. The highest BCUT2D eigenvalue weighted by molar-refractivity contribution is 5.97. The van der Waals surface area contributed by atoms with Gasteiger partial charge in [0.15, 0.2) is 0 Å². The van der Waals surface area contributed by atoms with Gasteiger partial charge in [0.2, 0.25) is 0 Å². The van der Waals surface area contributed by atoms with E-state index in [0.29, 0.717) is 11.5 Å². The van der Waals surface area contributed by atoms with Crippen LogP contribution in [0.5, 0.6) is 0 Å². The second-order valence-electron chi connectivity index (χ2n) is 6.02. The molecular weight excluding hydrogens is 262 g/mol. The van der Waals surface area contributed by atoms with E-state index in [0.717, 1.165) is 36.8 Å². The summed E-state index contributed by atoms with van der Waals surface area (Å²) in [4.78, 5) is 11.4. The van der Waals surface area contributed by atoms with Crippen LogP contribution in [0.25, 0.3) is 10.9 Å². The number of hydrogen-bond acceptors (Lipinski definition) is 1. The molecule has 21 heavy (non-hydrogen) atoms. The first-order valence-corrected chi connectivity index (χ1v) is 7.88. The Kier molecular flexibility index (Phi) is 4.71. The maximum absolute atomic E-state index is 11.4. The largest absolute Gasteiger partial charge is 0.478 e. The number of benzene rings is 1. The highest BCUT2D eigenvalue weighted by Gasteiger charge is 2.17. The van der Waals surface area contributed by atoms with E-state index >= 15 is 0 Å². The molecule has 1 aromatic heterocycles. The van der Waals surface area contributed by atoms with Crippen molar-refractivity contribution < 1.29 is 9.90 Å². The van der Waals surface area contributed by atoms with Gasteiger partial charge in [0.25, 0.3) is 0 Å². The molecule has 0 saturated carbocycles. The molecule has 0 spiro atoms. The minimum Gasteiger partial charge on any atom is -0.478 e. The number of nitrogens with zero attached hydrogens (tertiary/aromatic N) is 1. The van der Waals surface area contributed by atoms with Crippen LogP contribution in [-0.4, -0.2) is 15.6 Å². The summed E-state index contributed by atoms with van der Waals surface area (Å²) < 4.78 is 2.31. The summed E-state index contributed by atoms with van der Waals surface area (Å²) in [6, 6.07) is 3.69. The smallest absolute Gasteiger partial charge is 0.335 e. The Morgan fingerprint density at radius 2 is 1.95 bits per heavy atom. The van der Waals surface area contributed by atoms with E-state index in [1.54, 1.807) is 0 Å². The van der Waals surface area contributed by atoms with Gasteiger partial charge in [-0.05, 0) is 42.0 Å². The van der Waals surface area contributed by atoms with Crippen LogP contribution in [0, 0.1) is 0 Å². The standard InChI is InChI=1S/C18H25NO2/c1-5-7-13-11-19(8-6-2)17-15(12(3)4)9-14(18(20)21)10-16(13)17/h9-12H,5-8H2,1-4H3,(H,20,21). The van der Waals surface area contributed by atoms with E-state index in [2.05, 4.69) is 38.5 Å². The van der Waals surface area contributed by atoms with Gasteiger partial charge < -0.3 is 9.67 Å². The zero-order valence-corrected chi connectivity index (χ0v) is 13.4. The van der Waals surface area contributed by atoms with Crippen molar-refractivity contribution in [2.75, 3.05) is 0 Å². The lowest BCUT2D eigenvalue weighted by Crippen LogP contribution is -2.03. The molecule has 3 heteroatoms. The van der Waals surface area contributed by atoms with Gasteiger partial charge >= 0.3 is 5.97 Å². The molecule has 0 bridgehead atoms. The first kappa shape index (κ1) is 15.6. The van der Waals surface area contributed by atoms with Gasteiger partial charge in [-0.2, -0.15) is 0 Å². The Hall–Kier alpha value is -1.77. The molecule has 0 amide bonds. The first-order valence-electron chi connectivity index (χ1n) is 7.88. The molecule has 0 aliphatic carbocycles. The molecule has 114 valence electrons. The summed E-state index contributed by atoms with van der Waals surface area (Å²) in [5.74, 6) is -0.531. The van der Waals surface area contributed by atoms with Gasteiger partial charge in [0, 0.05) is 18.1 Å². The maximum Gasteiger partial charge on any atom is 0.335 e. The Balaban J connectivity index is 2.79. The van der Waals surface area contributed by atoms with Gasteiger partial charge in [-0.25, -0.2) is 4.79 Å². The van der Waals surface area contributed by atoms with Crippen molar-refractivity contribution >= 4 is 16.9 Å². The monoisotopic (exact) mass is 287 g/mol. The molecule has 2 rings (SSSR count). The Bertz CT molecular complexity index is 653. The van der Waals surface area contributed by atoms with Crippen molar-refractivity contribution in [3.05, 3.63) is 35.0 Å². The molecule has 1 heterocycles. The molecule has 0 aliphatic rings. The zero-order chi connectivity index (χ0) is 15.6. The van der Waals surface area contributed by atoms with Crippen molar-refractivity contribution in [1.29, 1.82) is 0 Å². The predicted molar refractivity (Wildman–Crippen MR) is 87.3 cm³/mol. The molecule has 0 atom stereocenters. The summed E-state index contributed by atoms with van der Waals surface area (Å²) >= 11 is 0. The third-order valence-corrected chi connectivity index (χ3v) is 3.94. The second-order valence-corrected chi connectivity index (χ2v) is 6.02. The average Bonchev–Trinajstić information content (AvgIpc) is 2.77. The summed E-state index contributed by atoms with van der Waals surface area (Å²) in [6.45, 7) is 9.57. The summed E-state index contributed by atoms with van der Waals surface area (Å²) in [5, 5.41) is 10.5. The fourth-order valence-electron chi connectivity index (χ4n) is 2.99. The van der Waals surface area contributed by atoms with Crippen LogP contribution in [-0.2, 0) is 13.0 Å². The van der Waals surface area contributed by atoms with Crippen LogP contribution < -0.4 is 0 Å². The fourth-order valence-corrected chi connectivity index (χ4v) is 2.99. The van der Waals surface area contributed by atoms with Gasteiger partial charge in [0.1, 0.15) is 0 Å². The molecule has 1 aromatic carbocycles. The number of carboxylic acid groups (broad SMARTS) is 1. The van der Waals surface area contributed by atoms with Crippen molar-refractivity contribution in [3.63, 3.8) is 0 Å². The van der Waals surface area contributed by atoms with Crippen molar-refractivity contribution in [2.24, 2.45) is 0 Å². The molecular formula is C18H25NO2. The summed E-state index contributed by atoms with van der Waals surface area (Å²) in [7, 11) is 0. The Morgan fingerprint density at radius 1 is 1.24 bits per heavy atom. The second kappa shape index (κ2) is 6.33. The van der Waals surface area contributed by atoms with Crippen LogP contribution in [0.4, 0.5) is 0 Å². The fraction of sp³-hybridized carbons (Fsp3) is 0.500. The maximum atomic E-state index is 11.4. The number of aromatic nitrogens is 1. The molecule has 0 unspecified atom stereocenters.